The number of imidazole rings is 1. The quantitative estimate of drug-likeness (QED) is 0.412. The Morgan fingerprint density at radius 1 is 1.00 bits per heavy atom. The number of para-hydroxylation sites is 1. The number of aromatic nitrogens is 2. The molecule has 0 saturated carbocycles. The number of carbonyl (C=O) groups excluding carboxylic acids is 1. The third-order valence-corrected chi connectivity index (χ3v) is 6.68. The maximum atomic E-state index is 13.0. The molecule has 2 aromatic carbocycles. The monoisotopic (exact) mass is 483 g/mol. The Balaban J connectivity index is 1.20. The van der Waals surface area contributed by atoms with Crippen molar-refractivity contribution in [3.8, 4) is 5.75 Å². The van der Waals surface area contributed by atoms with Crippen LogP contribution in [0.4, 0.5) is 0 Å². The summed E-state index contributed by atoms with van der Waals surface area (Å²) in [6.07, 6.45) is 3.93. The highest BCUT2D eigenvalue weighted by Crippen LogP contribution is 2.20. The topological polar surface area (TPSA) is 62.1 Å². The van der Waals surface area contributed by atoms with E-state index in [4.69, 9.17) is 4.74 Å². The number of amides is 1. The average Bonchev–Trinajstić information content (AvgIpc) is 3.32. The normalized spacial score (nSPS) is 14.7. The fourth-order valence-electron chi connectivity index (χ4n) is 4.59. The number of piperazine rings is 1. The first-order valence-electron chi connectivity index (χ1n) is 12.5. The summed E-state index contributed by atoms with van der Waals surface area (Å²) in [5.41, 5.74) is 5.72. The van der Waals surface area contributed by atoms with Gasteiger partial charge in [-0.15, -0.1) is 0 Å². The molecule has 7 nitrogen and oxygen atoms in total. The van der Waals surface area contributed by atoms with Crippen LogP contribution in [-0.4, -0.2) is 58.3 Å². The zero-order chi connectivity index (χ0) is 24.9. The van der Waals surface area contributed by atoms with Gasteiger partial charge in [0.05, 0.1) is 11.3 Å². The van der Waals surface area contributed by atoms with E-state index in [-0.39, 0.29) is 5.91 Å². The van der Waals surface area contributed by atoms with Gasteiger partial charge in [0.15, 0.2) is 0 Å². The molecule has 1 saturated heterocycles. The van der Waals surface area contributed by atoms with Gasteiger partial charge in [-0.3, -0.25) is 9.69 Å². The molecule has 2 aromatic heterocycles. The Labute approximate surface area is 212 Å². The molecule has 7 heteroatoms. The van der Waals surface area contributed by atoms with E-state index in [2.05, 4.69) is 51.4 Å². The SMILES string of the molecule is Cc1cccn2cc(COc3ccccc3C(=O)NCc3cccc(CN4CCN(C)CC4)c3)nc12. The summed E-state index contributed by atoms with van der Waals surface area (Å²) in [7, 11) is 2.17. The van der Waals surface area contributed by atoms with E-state index < -0.39 is 0 Å². The highest BCUT2D eigenvalue weighted by molar-refractivity contribution is 5.96. The van der Waals surface area contributed by atoms with Crippen molar-refractivity contribution in [1.82, 2.24) is 24.5 Å². The first-order chi connectivity index (χ1) is 17.5. The van der Waals surface area contributed by atoms with Crippen LogP contribution in [-0.2, 0) is 19.7 Å². The van der Waals surface area contributed by atoms with Crippen LogP contribution in [0.1, 0.15) is 32.7 Å². The van der Waals surface area contributed by atoms with Gasteiger partial charge in [-0.1, -0.05) is 42.5 Å². The van der Waals surface area contributed by atoms with Crippen molar-refractivity contribution >= 4 is 11.6 Å². The highest BCUT2D eigenvalue weighted by atomic mass is 16.5. The minimum absolute atomic E-state index is 0.152. The minimum Gasteiger partial charge on any atom is -0.486 e. The second-order valence-corrected chi connectivity index (χ2v) is 9.52. The van der Waals surface area contributed by atoms with E-state index in [1.807, 2.05) is 54.0 Å². The zero-order valence-corrected chi connectivity index (χ0v) is 21.0. The van der Waals surface area contributed by atoms with Crippen LogP contribution >= 0.6 is 0 Å². The minimum atomic E-state index is -0.152. The van der Waals surface area contributed by atoms with Crippen molar-refractivity contribution in [2.24, 2.45) is 0 Å². The van der Waals surface area contributed by atoms with Crippen LogP contribution in [0.15, 0.2) is 73.1 Å². The molecule has 3 heterocycles. The third kappa shape index (κ3) is 5.75. The summed E-state index contributed by atoms with van der Waals surface area (Å²) in [6.45, 7) is 8.12. The lowest BCUT2D eigenvalue weighted by molar-refractivity contribution is 0.0946. The summed E-state index contributed by atoms with van der Waals surface area (Å²) in [5, 5.41) is 3.06. The fourth-order valence-corrected chi connectivity index (χ4v) is 4.59. The van der Waals surface area contributed by atoms with Crippen molar-refractivity contribution in [1.29, 1.82) is 0 Å². The lowest BCUT2D eigenvalue weighted by Crippen LogP contribution is -2.43. The van der Waals surface area contributed by atoms with Gasteiger partial charge in [0.25, 0.3) is 5.91 Å². The van der Waals surface area contributed by atoms with E-state index in [1.54, 1.807) is 6.07 Å². The first-order valence-corrected chi connectivity index (χ1v) is 12.5. The van der Waals surface area contributed by atoms with Gasteiger partial charge < -0.3 is 19.4 Å². The van der Waals surface area contributed by atoms with Crippen LogP contribution < -0.4 is 10.1 Å². The number of nitrogens with zero attached hydrogens (tertiary/aromatic N) is 4. The molecule has 1 aliphatic heterocycles. The lowest BCUT2D eigenvalue weighted by Gasteiger charge is -2.32. The second kappa shape index (κ2) is 10.9. The van der Waals surface area contributed by atoms with Gasteiger partial charge >= 0.3 is 0 Å². The number of benzene rings is 2. The Bertz CT molecular complexity index is 1340. The average molecular weight is 484 g/mol. The maximum Gasteiger partial charge on any atom is 0.255 e. The predicted molar refractivity (Wildman–Crippen MR) is 141 cm³/mol. The molecular weight excluding hydrogens is 450 g/mol. The van der Waals surface area contributed by atoms with Crippen molar-refractivity contribution in [2.45, 2.75) is 26.6 Å². The summed E-state index contributed by atoms with van der Waals surface area (Å²) in [6, 6.07) is 19.9. The Hall–Kier alpha value is -3.68. The maximum absolute atomic E-state index is 13.0. The standard InChI is InChI=1S/C29H33N5O2/c1-22-7-6-12-34-20-25(31-28(22)34)21-36-27-11-4-3-10-26(27)29(35)30-18-23-8-5-9-24(17-23)19-33-15-13-32(2)14-16-33/h3-12,17,20H,13-16,18-19,21H2,1-2H3,(H,30,35). The van der Waals surface area contributed by atoms with Crippen LogP contribution in [0, 0.1) is 6.92 Å². The molecule has 0 unspecified atom stereocenters. The third-order valence-electron chi connectivity index (χ3n) is 6.68. The summed E-state index contributed by atoms with van der Waals surface area (Å²) in [5.74, 6) is 0.397. The molecule has 36 heavy (non-hydrogen) atoms. The van der Waals surface area contributed by atoms with Gasteiger partial charge in [0.1, 0.15) is 18.0 Å². The van der Waals surface area contributed by atoms with Crippen molar-refractivity contribution in [3.63, 3.8) is 0 Å². The van der Waals surface area contributed by atoms with Crippen LogP contribution in [0.25, 0.3) is 5.65 Å². The first kappa shape index (κ1) is 24.0. The second-order valence-electron chi connectivity index (χ2n) is 9.52. The Kier molecular flexibility index (Phi) is 7.30. The molecule has 1 amide bonds. The number of carbonyl (C=O) groups is 1. The lowest BCUT2D eigenvalue weighted by atomic mass is 10.1. The summed E-state index contributed by atoms with van der Waals surface area (Å²) < 4.78 is 8.02. The Morgan fingerprint density at radius 2 is 1.81 bits per heavy atom. The molecule has 0 spiro atoms. The van der Waals surface area contributed by atoms with E-state index in [9.17, 15) is 4.79 Å². The molecule has 0 atom stereocenters. The summed E-state index contributed by atoms with van der Waals surface area (Å²) >= 11 is 0. The molecule has 1 N–H and O–H groups in total. The number of rotatable bonds is 8. The Morgan fingerprint density at radius 3 is 2.64 bits per heavy atom. The van der Waals surface area contributed by atoms with Gasteiger partial charge in [0.2, 0.25) is 0 Å². The van der Waals surface area contributed by atoms with Crippen LogP contribution in [0.3, 0.4) is 0 Å². The number of likely N-dealkylation sites (N-methyl/N-ethyl adjacent to an activating group) is 1. The molecule has 186 valence electrons. The number of fused-ring (bicyclic) bond motifs is 1. The van der Waals surface area contributed by atoms with E-state index in [1.165, 1.54) is 5.56 Å². The number of nitrogens with one attached hydrogen (secondary N) is 1. The summed E-state index contributed by atoms with van der Waals surface area (Å²) in [4.78, 5) is 22.6. The van der Waals surface area contributed by atoms with Crippen molar-refractivity contribution in [2.75, 3.05) is 33.2 Å². The molecule has 1 aliphatic rings. The van der Waals surface area contributed by atoms with E-state index in [0.29, 0.717) is 24.5 Å². The smallest absolute Gasteiger partial charge is 0.255 e. The number of ether oxygens (including phenoxy) is 1. The molecule has 5 rings (SSSR count). The molecule has 0 bridgehead atoms. The molecule has 1 fully saturated rings. The van der Waals surface area contributed by atoms with E-state index in [0.717, 1.165) is 55.2 Å². The van der Waals surface area contributed by atoms with Crippen molar-refractivity contribution in [3.05, 3.63) is 101 Å². The zero-order valence-electron chi connectivity index (χ0n) is 21.0. The van der Waals surface area contributed by atoms with Gasteiger partial charge in [-0.2, -0.15) is 0 Å². The number of hydrogen-bond acceptors (Lipinski definition) is 5. The molecule has 4 aromatic rings. The molecular formula is C29H33N5O2. The molecule has 0 radical (unpaired) electrons. The van der Waals surface area contributed by atoms with Crippen molar-refractivity contribution < 1.29 is 9.53 Å². The van der Waals surface area contributed by atoms with Crippen LogP contribution in [0.2, 0.25) is 0 Å². The number of aryl methyl sites for hydroxylation is 1. The van der Waals surface area contributed by atoms with E-state index >= 15 is 0 Å². The predicted octanol–water partition coefficient (Wildman–Crippen LogP) is 3.90. The largest absolute Gasteiger partial charge is 0.486 e. The van der Waals surface area contributed by atoms with Gasteiger partial charge in [-0.25, -0.2) is 4.98 Å². The number of hydrogen-bond donors (Lipinski definition) is 1. The van der Waals surface area contributed by atoms with Gasteiger partial charge in [-0.05, 0) is 48.9 Å². The number of pyridine rings is 1. The molecule has 0 aliphatic carbocycles. The van der Waals surface area contributed by atoms with Crippen LogP contribution in [0.5, 0.6) is 5.75 Å². The van der Waals surface area contributed by atoms with Gasteiger partial charge in [0, 0.05) is 51.7 Å². The fraction of sp³-hybridized carbons (Fsp3) is 0.310. The highest BCUT2D eigenvalue weighted by Gasteiger charge is 2.15.